The molecule has 7 heteroatoms. The van der Waals surface area contributed by atoms with Crippen molar-refractivity contribution >= 4 is 303 Å². The van der Waals surface area contributed by atoms with Gasteiger partial charge in [-0.3, -0.25) is 14.8 Å². The molecule has 0 aliphatic heterocycles. The van der Waals surface area contributed by atoms with Gasteiger partial charge in [0.2, 0.25) is 0 Å². The van der Waals surface area contributed by atoms with Crippen LogP contribution in [0.1, 0.15) is 48.9 Å². The third-order valence-corrected chi connectivity index (χ3v) is 26.2. The minimum atomic E-state index is -1.03. The summed E-state index contributed by atoms with van der Waals surface area (Å²) in [5.74, 6) is -1.17. The lowest BCUT2D eigenvalue weighted by Crippen LogP contribution is -2.51. The second-order valence-electron chi connectivity index (χ2n) is 27.4. The van der Waals surface area contributed by atoms with Gasteiger partial charge in [-0.1, -0.05) is 0 Å². The van der Waals surface area contributed by atoms with Crippen molar-refractivity contribution in [1.82, 2.24) is 20.6 Å². The van der Waals surface area contributed by atoms with Gasteiger partial charge in [-0.05, 0) is 337 Å². The molecule has 0 fully saturated rings. The van der Waals surface area contributed by atoms with Crippen molar-refractivity contribution in [1.29, 1.82) is 0 Å². The molecule has 2 aromatic heterocycles. The maximum atomic E-state index is 14.5. The monoisotopic (exact) mass is 1010 g/mol. The summed E-state index contributed by atoms with van der Waals surface area (Å²) in [6, 6.07) is 6.47. The zero-order chi connectivity index (χ0) is 49.5. The number of nitrogens with zero attached hydrogens (tertiary/aromatic N) is 2. The number of benzene rings is 18. The predicted octanol–water partition coefficient (Wildman–Crippen LogP) is 17.3. The van der Waals surface area contributed by atoms with Gasteiger partial charge in [-0.25, -0.2) is 4.79 Å². The van der Waals surface area contributed by atoms with E-state index in [1.54, 1.807) is 331 Å². The normalized spacial score (nSPS) is 19.3. The summed E-state index contributed by atoms with van der Waals surface area (Å²) >= 11 is 0. The van der Waals surface area contributed by atoms with Gasteiger partial charge in [0.05, 0.1) is 22.5 Å². The first-order valence-corrected chi connectivity index (χ1v) is 29.1. The van der Waals surface area contributed by atoms with Crippen molar-refractivity contribution < 1.29 is 14.7 Å². The number of amides is 1. The molecule has 0 saturated carbocycles. The molecule has 1 amide bonds. The lowest BCUT2D eigenvalue weighted by atomic mass is 9.62. The Labute approximate surface area is 441 Å². The number of carboxylic acid groups (broad SMARTS) is 1. The molecule has 0 spiro atoms. The van der Waals surface area contributed by atoms with Crippen LogP contribution in [-0.4, -0.2) is 40.0 Å². The SMILES string of the molecule is O=C(O)c1ccnc(-c2cc(C(=O)NCCNC34c5c6c7c8c9c%10c(c%11c%12c3c3c5c5c%13c6c6c7c7c9c9c%14c%10c%10c%11c%11c%12c%12c3c3c5c5c%13c%13c6c6c7c9c7c9c%14c%10c%10c%11c%11c%12c3c3c5c5c%13c6c7c6c9c%10c%11c3c56)C84)ccn2)c1. The van der Waals surface area contributed by atoms with Crippen LogP contribution in [0.4, 0.5) is 0 Å². The van der Waals surface area contributed by atoms with Crippen molar-refractivity contribution in [3.8, 4) is 11.4 Å². The van der Waals surface area contributed by atoms with Crippen LogP contribution in [0.25, 0.3) is 302 Å². The molecule has 0 radical (unpaired) electrons. The van der Waals surface area contributed by atoms with Crippen molar-refractivity contribution in [3.05, 3.63) is 70.0 Å². The van der Waals surface area contributed by atoms with Crippen LogP contribution >= 0.6 is 0 Å². The molecule has 0 saturated heterocycles. The third kappa shape index (κ3) is 2.04. The van der Waals surface area contributed by atoms with Gasteiger partial charge in [0, 0.05) is 37.0 Å². The minimum Gasteiger partial charge on any atom is -0.478 e. The summed E-state index contributed by atoms with van der Waals surface area (Å²) in [5, 5.41) is 103. The highest BCUT2D eigenvalue weighted by molar-refractivity contribution is 6.82. The molecule has 7 nitrogen and oxygen atoms in total. The topological polar surface area (TPSA) is 104 Å². The summed E-state index contributed by atoms with van der Waals surface area (Å²) in [5.41, 5.74) is 7.18. The molecular weight excluding hydrogens is 993 g/mol. The quantitative estimate of drug-likeness (QED) is 0.109. The molecule has 348 valence electrons. The first kappa shape index (κ1) is 32.5. The molecule has 3 N–H and O–H groups in total. The van der Waals surface area contributed by atoms with Gasteiger partial charge in [-0.2, -0.15) is 0 Å². The Morgan fingerprint density at radius 1 is 0.346 bits per heavy atom. The van der Waals surface area contributed by atoms with Crippen molar-refractivity contribution in [2.24, 2.45) is 0 Å². The fourth-order valence-electron chi connectivity index (χ4n) is 25.4. The lowest BCUT2D eigenvalue weighted by molar-refractivity contribution is 0.0696. The number of nitrogens with one attached hydrogen (secondary N) is 2. The Morgan fingerprint density at radius 2 is 0.593 bits per heavy atom. The van der Waals surface area contributed by atoms with E-state index in [0.717, 1.165) is 0 Å². The van der Waals surface area contributed by atoms with Gasteiger partial charge in [0.1, 0.15) is 0 Å². The van der Waals surface area contributed by atoms with Crippen molar-refractivity contribution in [3.63, 3.8) is 0 Å². The number of rotatable bonds is 7. The molecule has 0 unspecified atom stereocenters. The number of aromatic nitrogens is 2. The van der Waals surface area contributed by atoms with Crippen LogP contribution in [-0.2, 0) is 5.54 Å². The standard InChI is InChI=1S/C74H14N4O3/c79-72(9-1-3-75-11(7-9)12-8-10(73(80)81)2-4-76-12)77-5-6-78-74-69-65-59-45-37-29-17-14-13-15-18(17)30-32-28-22(15)24-20-16(13)19-23-21(14)27-31(29)43(45)51-49-35(27)33(23)41-39-25(19)26(20)40-42-34(24)36(28)50-52-44(32)46(38(30)37)60(59)66(69)62(52)64-56(50)54(42)58-48(40)47(39)57-53(41)55(49)63(61(51)65)70(74)67(57)68(58)71(64)74/h1-4,7-8,69,78H,5-6H2,(H,77,79)(H,80,81). The van der Waals surface area contributed by atoms with E-state index in [1.165, 1.54) is 18.3 Å². The van der Waals surface area contributed by atoms with E-state index >= 15 is 0 Å². The Balaban J connectivity index is 0.840. The summed E-state index contributed by atoms with van der Waals surface area (Å²) < 4.78 is 0. The lowest BCUT2D eigenvalue weighted by Gasteiger charge is -2.46. The maximum Gasteiger partial charge on any atom is 0.335 e. The van der Waals surface area contributed by atoms with Crippen LogP contribution in [0.15, 0.2) is 36.7 Å². The average Bonchev–Trinajstić information content (AvgIpc) is 1.41. The first-order valence-electron chi connectivity index (χ1n) is 29.1. The molecule has 30 aromatic rings. The van der Waals surface area contributed by atoms with E-state index in [-0.39, 0.29) is 17.4 Å². The summed E-state index contributed by atoms with van der Waals surface area (Å²) in [4.78, 5) is 35.4. The summed E-state index contributed by atoms with van der Waals surface area (Å²) in [7, 11) is 0. The molecule has 81 heavy (non-hydrogen) atoms. The number of hydrogen-bond acceptors (Lipinski definition) is 5. The molecule has 34 rings (SSSR count). The van der Waals surface area contributed by atoms with E-state index in [4.69, 9.17) is 0 Å². The van der Waals surface area contributed by atoms with E-state index in [9.17, 15) is 14.7 Å². The van der Waals surface area contributed by atoms with E-state index < -0.39 is 11.5 Å². The van der Waals surface area contributed by atoms with Crippen LogP contribution in [0.2, 0.25) is 0 Å². The number of carbonyl (C=O) groups is 2. The Hall–Kier alpha value is -10.3. The zero-order valence-electron chi connectivity index (χ0n) is 41.1. The number of aromatic carboxylic acids is 1. The number of carbonyl (C=O) groups excluding carboxylic acids is 1. The minimum absolute atomic E-state index is 0.0515. The number of carboxylic acids is 1. The van der Waals surface area contributed by atoms with Crippen LogP contribution in [0.3, 0.4) is 0 Å². The number of hydrogen-bond donors (Lipinski definition) is 3. The van der Waals surface area contributed by atoms with Gasteiger partial charge < -0.3 is 15.7 Å². The Morgan fingerprint density at radius 3 is 0.901 bits per heavy atom. The first-order chi connectivity index (χ1) is 40.1. The average molecular weight is 1010 g/mol. The van der Waals surface area contributed by atoms with Crippen molar-refractivity contribution in [2.45, 2.75) is 11.5 Å². The van der Waals surface area contributed by atoms with Gasteiger partial charge in [0.25, 0.3) is 5.91 Å². The summed E-state index contributed by atoms with van der Waals surface area (Å²) in [6.45, 7) is 0.989. The van der Waals surface area contributed by atoms with E-state index in [2.05, 4.69) is 20.6 Å². The molecule has 4 aliphatic rings. The fraction of sp³-hybridized carbons (Fsp3) is 0.0541. The highest BCUT2D eigenvalue weighted by Crippen LogP contribution is 2.83. The molecule has 0 atom stereocenters. The second-order valence-corrected chi connectivity index (χ2v) is 27.4. The Bertz CT molecular complexity index is 7830. The Kier molecular flexibility index (Phi) is 3.21. The fourth-order valence-corrected chi connectivity index (χ4v) is 25.4. The molecule has 28 aromatic carbocycles. The van der Waals surface area contributed by atoms with E-state index in [1.807, 2.05) is 0 Å². The molecule has 4 aliphatic carbocycles. The van der Waals surface area contributed by atoms with Gasteiger partial charge in [0.15, 0.2) is 0 Å². The highest BCUT2D eigenvalue weighted by Gasteiger charge is 2.63. The maximum absolute atomic E-state index is 14.5. The molecular formula is C74H14N4O3. The zero-order valence-corrected chi connectivity index (χ0v) is 41.1. The van der Waals surface area contributed by atoms with Crippen molar-refractivity contribution in [2.75, 3.05) is 13.1 Å². The second kappa shape index (κ2) is 8.00. The van der Waals surface area contributed by atoms with Crippen LogP contribution < -0.4 is 10.6 Å². The van der Waals surface area contributed by atoms with E-state index in [0.29, 0.717) is 30.0 Å². The van der Waals surface area contributed by atoms with Crippen LogP contribution in [0, 0.1) is 0 Å². The van der Waals surface area contributed by atoms with Gasteiger partial charge in [-0.15, -0.1) is 0 Å². The summed E-state index contributed by atoms with van der Waals surface area (Å²) in [6.07, 6.45) is 3.11. The highest BCUT2D eigenvalue weighted by atomic mass is 16.4. The largest absolute Gasteiger partial charge is 0.478 e. The van der Waals surface area contributed by atoms with Crippen LogP contribution in [0.5, 0.6) is 0 Å². The third-order valence-electron chi connectivity index (χ3n) is 26.2. The van der Waals surface area contributed by atoms with Gasteiger partial charge >= 0.3 is 5.97 Å². The predicted molar refractivity (Wildman–Crippen MR) is 330 cm³/mol. The molecule has 0 bridgehead atoms. The number of pyridine rings is 2. The smallest absolute Gasteiger partial charge is 0.335 e. The molecule has 2 heterocycles.